The zero-order chi connectivity index (χ0) is 10.9. The minimum absolute atomic E-state index is 0.0498. The van der Waals surface area contributed by atoms with Crippen LogP contribution in [0.1, 0.15) is 26.5 Å². The maximum atomic E-state index is 11.6. The van der Waals surface area contributed by atoms with Crippen LogP contribution in [0.5, 0.6) is 0 Å². The number of nitrogens with one attached hydrogen (secondary N) is 1. The van der Waals surface area contributed by atoms with Gasteiger partial charge in [0.25, 0.3) is 0 Å². The van der Waals surface area contributed by atoms with Crippen LogP contribution >= 0.6 is 11.3 Å². The van der Waals surface area contributed by atoms with E-state index in [0.29, 0.717) is 10.1 Å². The Kier molecular flexibility index (Phi) is 2.80. The summed E-state index contributed by atoms with van der Waals surface area (Å²) in [6, 6.07) is 0. The first-order chi connectivity index (χ1) is 6.30. The van der Waals surface area contributed by atoms with E-state index in [-0.39, 0.29) is 5.91 Å². The number of hydrogen-bond acceptors (Lipinski definition) is 4. The van der Waals surface area contributed by atoms with E-state index >= 15 is 0 Å². The maximum Gasteiger partial charge on any atom is 0.231 e. The van der Waals surface area contributed by atoms with Crippen LogP contribution in [0.2, 0.25) is 0 Å². The van der Waals surface area contributed by atoms with Crippen LogP contribution in [-0.2, 0) is 4.79 Å². The van der Waals surface area contributed by atoms with Crippen molar-refractivity contribution in [1.82, 2.24) is 4.98 Å². The lowest BCUT2D eigenvalue weighted by Crippen LogP contribution is -2.27. The number of nitrogen functional groups attached to an aromatic ring is 1. The molecular formula is C9H15N3OS. The fraction of sp³-hybridized carbons (Fsp3) is 0.556. The molecule has 0 spiro atoms. The van der Waals surface area contributed by atoms with Crippen molar-refractivity contribution in [3.63, 3.8) is 0 Å². The zero-order valence-corrected chi connectivity index (χ0v) is 9.66. The number of carbonyl (C=O) groups excluding carboxylic acids is 1. The molecule has 0 atom stereocenters. The number of rotatable bonds is 1. The number of thiazole rings is 1. The molecule has 14 heavy (non-hydrogen) atoms. The van der Waals surface area contributed by atoms with Crippen LogP contribution in [0.15, 0.2) is 0 Å². The molecule has 0 unspecified atom stereocenters. The number of amides is 1. The molecule has 4 nitrogen and oxygen atoms in total. The molecule has 0 aromatic carbocycles. The van der Waals surface area contributed by atoms with Gasteiger partial charge in [0.15, 0.2) is 5.13 Å². The highest BCUT2D eigenvalue weighted by molar-refractivity contribution is 7.19. The van der Waals surface area contributed by atoms with Gasteiger partial charge in [-0.25, -0.2) is 4.98 Å². The molecule has 1 aromatic rings. The van der Waals surface area contributed by atoms with E-state index in [4.69, 9.17) is 5.73 Å². The second-order valence-electron chi connectivity index (χ2n) is 4.17. The molecule has 0 saturated heterocycles. The van der Waals surface area contributed by atoms with Gasteiger partial charge >= 0.3 is 0 Å². The second kappa shape index (κ2) is 3.57. The van der Waals surface area contributed by atoms with Crippen LogP contribution in [-0.4, -0.2) is 10.9 Å². The quantitative estimate of drug-likeness (QED) is 0.750. The second-order valence-corrected chi connectivity index (χ2v) is 5.20. The first-order valence-electron chi connectivity index (χ1n) is 4.35. The Bertz CT molecular complexity index is 332. The van der Waals surface area contributed by atoms with Crippen molar-refractivity contribution >= 4 is 27.4 Å². The minimum Gasteiger partial charge on any atom is -0.389 e. The summed E-state index contributed by atoms with van der Waals surface area (Å²) in [6.45, 7) is 7.38. The van der Waals surface area contributed by atoms with Crippen molar-refractivity contribution in [2.24, 2.45) is 5.41 Å². The Morgan fingerprint density at radius 3 is 2.43 bits per heavy atom. The SMILES string of the molecule is Cc1nc(NC(=O)C(C)(C)C)sc1N. The summed E-state index contributed by atoms with van der Waals surface area (Å²) in [5.41, 5.74) is 5.98. The highest BCUT2D eigenvalue weighted by Gasteiger charge is 2.22. The van der Waals surface area contributed by atoms with Crippen LogP contribution < -0.4 is 11.1 Å². The molecule has 0 aliphatic heterocycles. The summed E-state index contributed by atoms with van der Waals surface area (Å²) in [4.78, 5) is 15.7. The molecule has 3 N–H and O–H groups in total. The Morgan fingerprint density at radius 1 is 1.50 bits per heavy atom. The van der Waals surface area contributed by atoms with E-state index in [1.165, 1.54) is 11.3 Å². The van der Waals surface area contributed by atoms with Gasteiger partial charge in [-0.1, -0.05) is 32.1 Å². The number of carbonyl (C=O) groups is 1. The van der Waals surface area contributed by atoms with Crippen molar-refractivity contribution in [2.45, 2.75) is 27.7 Å². The molecule has 0 bridgehead atoms. The number of hydrogen-bond donors (Lipinski definition) is 2. The monoisotopic (exact) mass is 213 g/mol. The smallest absolute Gasteiger partial charge is 0.231 e. The highest BCUT2D eigenvalue weighted by Crippen LogP contribution is 2.26. The van der Waals surface area contributed by atoms with Gasteiger partial charge in [0, 0.05) is 5.41 Å². The molecule has 0 saturated carbocycles. The first kappa shape index (κ1) is 11.0. The van der Waals surface area contributed by atoms with Gasteiger partial charge in [-0.2, -0.15) is 0 Å². The van der Waals surface area contributed by atoms with E-state index < -0.39 is 5.41 Å². The minimum atomic E-state index is -0.408. The fourth-order valence-corrected chi connectivity index (χ4v) is 1.47. The van der Waals surface area contributed by atoms with Gasteiger partial charge in [-0.3, -0.25) is 4.79 Å². The predicted octanol–water partition coefficient (Wildman–Crippen LogP) is 2.02. The summed E-state index contributed by atoms with van der Waals surface area (Å²) in [6.07, 6.45) is 0. The molecule has 1 rings (SSSR count). The Labute approximate surface area is 87.5 Å². The van der Waals surface area contributed by atoms with E-state index in [2.05, 4.69) is 10.3 Å². The molecule has 0 aliphatic carbocycles. The molecule has 0 fully saturated rings. The lowest BCUT2D eigenvalue weighted by atomic mass is 9.96. The summed E-state index contributed by atoms with van der Waals surface area (Å²) >= 11 is 1.29. The maximum absolute atomic E-state index is 11.6. The predicted molar refractivity (Wildman–Crippen MR) is 59.3 cm³/mol. The molecule has 5 heteroatoms. The number of nitrogens with two attached hydrogens (primary N) is 1. The van der Waals surface area contributed by atoms with Crippen LogP contribution in [0.3, 0.4) is 0 Å². The standard InChI is InChI=1S/C9H15N3OS/c1-5-6(10)14-8(11-5)12-7(13)9(2,3)4/h10H2,1-4H3,(H,11,12,13). The number of aryl methyl sites for hydroxylation is 1. The molecule has 1 aromatic heterocycles. The van der Waals surface area contributed by atoms with Gasteiger partial charge < -0.3 is 11.1 Å². The van der Waals surface area contributed by atoms with Gasteiger partial charge in [0.1, 0.15) is 5.00 Å². The van der Waals surface area contributed by atoms with Gasteiger partial charge in [0.05, 0.1) is 5.69 Å². The topological polar surface area (TPSA) is 68.0 Å². The number of aromatic nitrogens is 1. The Morgan fingerprint density at radius 2 is 2.07 bits per heavy atom. The first-order valence-corrected chi connectivity index (χ1v) is 5.16. The summed E-state index contributed by atoms with van der Waals surface area (Å²) in [7, 11) is 0. The average molecular weight is 213 g/mol. The molecule has 0 aliphatic rings. The summed E-state index contributed by atoms with van der Waals surface area (Å²) in [5.74, 6) is -0.0498. The van der Waals surface area contributed by atoms with Crippen molar-refractivity contribution in [2.75, 3.05) is 11.1 Å². The zero-order valence-electron chi connectivity index (χ0n) is 8.84. The van der Waals surface area contributed by atoms with E-state index in [9.17, 15) is 4.79 Å². The van der Waals surface area contributed by atoms with Crippen molar-refractivity contribution in [3.05, 3.63) is 5.69 Å². The third-order valence-electron chi connectivity index (χ3n) is 1.73. The largest absolute Gasteiger partial charge is 0.389 e. The lowest BCUT2D eigenvalue weighted by molar-refractivity contribution is -0.123. The van der Waals surface area contributed by atoms with Crippen molar-refractivity contribution in [1.29, 1.82) is 0 Å². The van der Waals surface area contributed by atoms with Crippen molar-refractivity contribution in [3.8, 4) is 0 Å². The van der Waals surface area contributed by atoms with Crippen LogP contribution in [0, 0.1) is 12.3 Å². The molecule has 0 radical (unpaired) electrons. The molecule has 78 valence electrons. The average Bonchev–Trinajstić information content (AvgIpc) is 2.29. The third-order valence-corrected chi connectivity index (χ3v) is 2.64. The van der Waals surface area contributed by atoms with Crippen LogP contribution in [0.25, 0.3) is 0 Å². The van der Waals surface area contributed by atoms with Crippen molar-refractivity contribution < 1.29 is 4.79 Å². The van der Waals surface area contributed by atoms with E-state index in [0.717, 1.165) is 5.69 Å². The Hall–Kier alpha value is -1.10. The highest BCUT2D eigenvalue weighted by atomic mass is 32.1. The lowest BCUT2D eigenvalue weighted by Gasteiger charge is -2.15. The van der Waals surface area contributed by atoms with Gasteiger partial charge in [-0.15, -0.1) is 0 Å². The van der Waals surface area contributed by atoms with Gasteiger partial charge in [-0.05, 0) is 6.92 Å². The molecular weight excluding hydrogens is 198 g/mol. The molecule has 1 heterocycles. The Balaban J connectivity index is 2.75. The molecule has 1 amide bonds. The fourth-order valence-electron chi connectivity index (χ4n) is 0.746. The van der Waals surface area contributed by atoms with Gasteiger partial charge in [0.2, 0.25) is 5.91 Å². The van der Waals surface area contributed by atoms with Crippen LogP contribution in [0.4, 0.5) is 10.1 Å². The summed E-state index contributed by atoms with van der Waals surface area (Å²) < 4.78 is 0. The summed E-state index contributed by atoms with van der Waals surface area (Å²) in [5, 5.41) is 3.95. The van der Waals surface area contributed by atoms with E-state index in [1.807, 2.05) is 27.7 Å². The normalized spacial score (nSPS) is 11.4. The third kappa shape index (κ3) is 2.45. The number of nitrogens with zero attached hydrogens (tertiary/aromatic N) is 1. The number of anilines is 2. The van der Waals surface area contributed by atoms with E-state index in [1.54, 1.807) is 0 Å².